The molecule has 0 aliphatic carbocycles. The molecule has 0 saturated heterocycles. The summed E-state index contributed by atoms with van der Waals surface area (Å²) in [6, 6.07) is 10.4. The molecular weight excluding hydrogens is 136 g/mol. The van der Waals surface area contributed by atoms with Crippen molar-refractivity contribution in [3.8, 4) is 0 Å². The topological polar surface area (TPSA) is 24.7 Å². The Labute approximate surface area is 66.3 Å². The Balaban J connectivity index is 3.04. The van der Waals surface area contributed by atoms with Gasteiger partial charge >= 0.3 is 0 Å². The number of aryl methyl sites for hydroxylation is 1. The minimum atomic E-state index is 0.929. The molecule has 0 atom stereocenters. The molecule has 0 spiro atoms. The fraction of sp³-hybridized carbons (Fsp3) is 0.222. The van der Waals surface area contributed by atoms with Crippen LogP contribution in [0.2, 0.25) is 0 Å². The Hall–Kier alpha value is -1.40. The van der Waals surface area contributed by atoms with Crippen LogP contribution in [0, 0.1) is 6.92 Å². The van der Waals surface area contributed by atoms with E-state index in [-0.39, 0.29) is 0 Å². The summed E-state index contributed by atoms with van der Waals surface area (Å²) in [7, 11) is 1.65. The van der Waals surface area contributed by atoms with Crippen LogP contribution in [0.15, 0.2) is 34.3 Å². The van der Waals surface area contributed by atoms with E-state index in [0.717, 1.165) is 11.3 Å². The van der Waals surface area contributed by atoms with Crippen LogP contribution in [0.25, 0.3) is 0 Å². The van der Waals surface area contributed by atoms with Crippen LogP contribution in [0.1, 0.15) is 5.56 Å². The number of aliphatic imine (C=N–C) groups is 2. The van der Waals surface area contributed by atoms with Gasteiger partial charge < -0.3 is 0 Å². The van der Waals surface area contributed by atoms with Gasteiger partial charge in [0.1, 0.15) is 0 Å². The lowest BCUT2D eigenvalue weighted by molar-refractivity contribution is 1.39. The van der Waals surface area contributed by atoms with Crippen molar-refractivity contribution in [3.63, 3.8) is 0 Å². The number of benzene rings is 1. The van der Waals surface area contributed by atoms with Gasteiger partial charge in [0.05, 0.1) is 11.7 Å². The summed E-state index contributed by atoms with van der Waals surface area (Å²) in [6.07, 6.45) is 0. The van der Waals surface area contributed by atoms with Gasteiger partial charge in [0.15, 0.2) is 0 Å². The molecular formula is C9H10N2. The summed E-state index contributed by atoms with van der Waals surface area (Å²) < 4.78 is 0. The van der Waals surface area contributed by atoms with Gasteiger partial charge in [0, 0.05) is 7.05 Å². The fourth-order valence-corrected chi connectivity index (χ4v) is 0.793. The first-order valence-electron chi connectivity index (χ1n) is 3.45. The van der Waals surface area contributed by atoms with Crippen LogP contribution in [-0.4, -0.2) is 13.1 Å². The molecule has 0 heterocycles. The monoisotopic (exact) mass is 146 g/mol. The van der Waals surface area contributed by atoms with E-state index >= 15 is 0 Å². The molecule has 0 aliphatic rings. The lowest BCUT2D eigenvalue weighted by Crippen LogP contribution is -1.70. The van der Waals surface area contributed by atoms with Crippen LogP contribution >= 0.6 is 0 Å². The van der Waals surface area contributed by atoms with Crippen LogP contribution in [0.3, 0.4) is 0 Å². The average Bonchev–Trinajstić information content (AvgIpc) is 2.03. The van der Waals surface area contributed by atoms with Gasteiger partial charge in [-0.2, -0.15) is 4.99 Å². The van der Waals surface area contributed by atoms with Crippen molar-refractivity contribution < 1.29 is 0 Å². The van der Waals surface area contributed by atoms with E-state index < -0.39 is 0 Å². The zero-order valence-corrected chi connectivity index (χ0v) is 6.70. The normalized spacial score (nSPS) is 8.55. The first kappa shape index (κ1) is 7.70. The molecule has 11 heavy (non-hydrogen) atoms. The van der Waals surface area contributed by atoms with Gasteiger partial charge in [-0.25, -0.2) is 4.99 Å². The van der Waals surface area contributed by atoms with Crippen molar-refractivity contribution in [1.29, 1.82) is 0 Å². The van der Waals surface area contributed by atoms with Gasteiger partial charge in [0.25, 0.3) is 0 Å². The molecule has 0 aliphatic heterocycles. The summed E-state index contributed by atoms with van der Waals surface area (Å²) in [6.45, 7) is 2.01. The predicted molar refractivity (Wildman–Crippen MR) is 46.6 cm³/mol. The van der Waals surface area contributed by atoms with Crippen molar-refractivity contribution in [1.82, 2.24) is 0 Å². The lowest BCUT2D eigenvalue weighted by atomic mass is 10.2. The lowest BCUT2D eigenvalue weighted by Gasteiger charge is -1.93. The van der Waals surface area contributed by atoms with Gasteiger partial charge in [-0.05, 0) is 18.6 Å². The number of nitrogens with zero attached hydrogens (tertiary/aromatic N) is 2. The van der Waals surface area contributed by atoms with E-state index in [1.165, 1.54) is 0 Å². The highest BCUT2D eigenvalue weighted by atomic mass is 14.8. The molecule has 1 aromatic carbocycles. The van der Waals surface area contributed by atoms with Crippen LogP contribution in [0.4, 0.5) is 5.69 Å². The van der Waals surface area contributed by atoms with E-state index in [1.807, 2.05) is 31.2 Å². The van der Waals surface area contributed by atoms with Crippen LogP contribution in [-0.2, 0) is 0 Å². The van der Waals surface area contributed by atoms with E-state index in [4.69, 9.17) is 0 Å². The molecule has 2 heteroatoms. The molecule has 0 aromatic heterocycles. The molecule has 0 amide bonds. The zero-order valence-electron chi connectivity index (χ0n) is 6.70. The smallest absolute Gasteiger partial charge is 0.0946 e. The predicted octanol–water partition coefficient (Wildman–Crippen LogP) is 2.43. The zero-order chi connectivity index (χ0) is 8.10. The van der Waals surface area contributed by atoms with E-state index in [0.29, 0.717) is 0 Å². The average molecular weight is 146 g/mol. The summed E-state index contributed by atoms with van der Waals surface area (Å²) in [5, 5.41) is 0. The van der Waals surface area contributed by atoms with Crippen molar-refractivity contribution in [2.75, 3.05) is 7.05 Å². The minimum Gasteiger partial charge on any atom is -0.229 e. The third kappa shape index (κ3) is 2.03. The van der Waals surface area contributed by atoms with Crippen molar-refractivity contribution in [2.45, 2.75) is 6.92 Å². The Morgan fingerprint density at radius 2 is 2.00 bits per heavy atom. The first-order chi connectivity index (χ1) is 5.34. The number of hydrogen-bond donors (Lipinski definition) is 0. The summed E-state index contributed by atoms with van der Waals surface area (Å²) in [5.41, 5.74) is 2.07. The minimum absolute atomic E-state index is 0.929. The third-order valence-electron chi connectivity index (χ3n) is 1.39. The molecule has 0 N–H and O–H groups in total. The number of hydrogen-bond acceptors (Lipinski definition) is 2. The highest BCUT2D eigenvalue weighted by Gasteiger charge is 1.89. The standard InChI is InChI=1S/C9H10N2/c1-8-5-3-4-6-9(8)11-7-10-2/h3-6H,1-2H3. The third-order valence-corrected chi connectivity index (χ3v) is 1.39. The summed E-state index contributed by atoms with van der Waals surface area (Å²) in [5.74, 6) is 0. The second kappa shape index (κ2) is 3.69. The van der Waals surface area contributed by atoms with Crippen molar-refractivity contribution >= 4 is 11.7 Å². The van der Waals surface area contributed by atoms with Crippen LogP contribution in [0.5, 0.6) is 0 Å². The highest BCUT2D eigenvalue weighted by Crippen LogP contribution is 2.15. The van der Waals surface area contributed by atoms with Gasteiger partial charge in [-0.3, -0.25) is 0 Å². The van der Waals surface area contributed by atoms with Gasteiger partial charge in [0.2, 0.25) is 0 Å². The molecule has 56 valence electrons. The van der Waals surface area contributed by atoms with Gasteiger partial charge in [-0.15, -0.1) is 0 Å². The van der Waals surface area contributed by atoms with E-state index in [1.54, 1.807) is 7.05 Å². The van der Waals surface area contributed by atoms with Crippen LogP contribution < -0.4 is 0 Å². The largest absolute Gasteiger partial charge is 0.229 e. The number of rotatable bonds is 1. The van der Waals surface area contributed by atoms with E-state index in [9.17, 15) is 0 Å². The second-order valence-electron chi connectivity index (χ2n) is 2.22. The number of para-hydroxylation sites is 1. The fourth-order valence-electron chi connectivity index (χ4n) is 0.793. The molecule has 0 radical (unpaired) electrons. The molecule has 0 fully saturated rings. The molecule has 1 rings (SSSR count). The Kier molecular flexibility index (Phi) is 2.59. The maximum atomic E-state index is 4.01. The Morgan fingerprint density at radius 1 is 1.27 bits per heavy atom. The van der Waals surface area contributed by atoms with Crippen molar-refractivity contribution in [2.24, 2.45) is 9.98 Å². The Bertz CT molecular complexity index is 296. The van der Waals surface area contributed by atoms with E-state index in [2.05, 4.69) is 16.0 Å². The summed E-state index contributed by atoms with van der Waals surface area (Å²) >= 11 is 0. The maximum absolute atomic E-state index is 4.01. The molecule has 0 unspecified atom stereocenters. The van der Waals surface area contributed by atoms with Gasteiger partial charge in [-0.1, -0.05) is 18.2 Å². The Morgan fingerprint density at radius 3 is 2.64 bits per heavy atom. The molecule has 1 aromatic rings. The van der Waals surface area contributed by atoms with Crippen molar-refractivity contribution in [3.05, 3.63) is 29.8 Å². The SMILES string of the molecule is CN=C=Nc1ccccc1C. The maximum Gasteiger partial charge on any atom is 0.0946 e. The second-order valence-corrected chi connectivity index (χ2v) is 2.22. The molecule has 2 nitrogen and oxygen atoms in total. The quantitative estimate of drug-likeness (QED) is 0.543. The molecule has 0 bridgehead atoms. The first-order valence-corrected chi connectivity index (χ1v) is 3.45. The summed E-state index contributed by atoms with van der Waals surface area (Å²) in [4.78, 5) is 7.66. The highest BCUT2D eigenvalue weighted by molar-refractivity contribution is 5.55. The molecule has 0 saturated carbocycles.